The van der Waals surface area contributed by atoms with Crippen LogP contribution in [-0.4, -0.2) is 48.1 Å². The van der Waals surface area contributed by atoms with Crippen molar-refractivity contribution in [1.82, 2.24) is 4.90 Å². The monoisotopic (exact) mass is 344 g/mol. The van der Waals surface area contributed by atoms with Crippen LogP contribution in [0.25, 0.3) is 0 Å². The van der Waals surface area contributed by atoms with Gasteiger partial charge < -0.3 is 14.5 Å². The SMILES string of the molecule is CCC(=O)CN1c2ccccc2C2CCN(C(=O)OC(C)(C)C)CC21. The fourth-order valence-electron chi connectivity index (χ4n) is 3.85. The van der Waals surface area contributed by atoms with Crippen LogP contribution in [0.4, 0.5) is 10.5 Å². The highest BCUT2D eigenvalue weighted by atomic mass is 16.6. The Morgan fingerprint density at radius 1 is 1.24 bits per heavy atom. The number of ketones is 1. The fourth-order valence-corrected chi connectivity index (χ4v) is 3.85. The average Bonchev–Trinajstić information content (AvgIpc) is 2.87. The van der Waals surface area contributed by atoms with Gasteiger partial charge in [-0.05, 0) is 38.8 Å². The van der Waals surface area contributed by atoms with Crippen molar-refractivity contribution in [2.24, 2.45) is 0 Å². The first-order valence-electron chi connectivity index (χ1n) is 9.15. The molecule has 1 amide bonds. The summed E-state index contributed by atoms with van der Waals surface area (Å²) in [5.74, 6) is 0.601. The van der Waals surface area contributed by atoms with Gasteiger partial charge >= 0.3 is 6.09 Å². The summed E-state index contributed by atoms with van der Waals surface area (Å²) in [7, 11) is 0. The zero-order chi connectivity index (χ0) is 18.2. The summed E-state index contributed by atoms with van der Waals surface area (Å²) in [5, 5.41) is 0. The number of anilines is 1. The van der Waals surface area contributed by atoms with E-state index < -0.39 is 5.60 Å². The number of carbonyl (C=O) groups excluding carboxylic acids is 2. The van der Waals surface area contributed by atoms with E-state index in [0.717, 1.165) is 12.1 Å². The molecule has 3 rings (SSSR count). The maximum absolute atomic E-state index is 12.5. The van der Waals surface area contributed by atoms with Gasteiger partial charge in [0.15, 0.2) is 5.78 Å². The van der Waals surface area contributed by atoms with E-state index in [1.807, 2.05) is 33.8 Å². The summed E-state index contributed by atoms with van der Waals surface area (Å²) >= 11 is 0. The Morgan fingerprint density at radius 3 is 2.64 bits per heavy atom. The molecule has 1 aromatic rings. The third kappa shape index (κ3) is 3.65. The zero-order valence-corrected chi connectivity index (χ0v) is 15.6. The number of piperidine rings is 1. The first-order chi connectivity index (χ1) is 11.8. The quantitative estimate of drug-likeness (QED) is 0.841. The van der Waals surface area contributed by atoms with E-state index in [4.69, 9.17) is 4.74 Å². The van der Waals surface area contributed by atoms with Gasteiger partial charge in [-0.1, -0.05) is 25.1 Å². The smallest absolute Gasteiger partial charge is 0.410 e. The number of benzene rings is 1. The molecule has 25 heavy (non-hydrogen) atoms. The van der Waals surface area contributed by atoms with Crippen molar-refractivity contribution < 1.29 is 14.3 Å². The Balaban J connectivity index is 1.81. The molecule has 1 aromatic carbocycles. The molecule has 0 bridgehead atoms. The highest BCUT2D eigenvalue weighted by Crippen LogP contribution is 2.44. The Hall–Kier alpha value is -2.04. The van der Waals surface area contributed by atoms with Crippen LogP contribution in [0.2, 0.25) is 0 Å². The molecule has 0 spiro atoms. The second-order valence-corrected chi connectivity index (χ2v) is 7.97. The molecule has 2 heterocycles. The van der Waals surface area contributed by atoms with Gasteiger partial charge in [-0.15, -0.1) is 0 Å². The highest BCUT2D eigenvalue weighted by Gasteiger charge is 2.43. The molecule has 0 aliphatic carbocycles. The highest BCUT2D eigenvalue weighted by molar-refractivity contribution is 5.84. The van der Waals surface area contributed by atoms with Gasteiger partial charge in [0.05, 0.1) is 12.6 Å². The second kappa shape index (κ2) is 6.70. The second-order valence-electron chi connectivity index (χ2n) is 7.97. The zero-order valence-electron chi connectivity index (χ0n) is 15.6. The van der Waals surface area contributed by atoms with Crippen LogP contribution in [0.5, 0.6) is 0 Å². The Labute approximate surface area is 149 Å². The first kappa shape index (κ1) is 17.8. The van der Waals surface area contributed by atoms with E-state index in [1.165, 1.54) is 5.56 Å². The van der Waals surface area contributed by atoms with E-state index in [1.54, 1.807) is 4.90 Å². The topological polar surface area (TPSA) is 49.9 Å². The van der Waals surface area contributed by atoms with Gasteiger partial charge in [0.2, 0.25) is 0 Å². The number of Topliss-reactive ketones (excluding diaryl/α,β-unsaturated/α-hetero) is 1. The van der Waals surface area contributed by atoms with Crippen molar-refractivity contribution in [3.05, 3.63) is 29.8 Å². The van der Waals surface area contributed by atoms with Crippen molar-refractivity contribution in [2.45, 2.75) is 58.1 Å². The van der Waals surface area contributed by atoms with Crippen LogP contribution < -0.4 is 4.90 Å². The van der Waals surface area contributed by atoms with Crippen LogP contribution in [0.15, 0.2) is 24.3 Å². The van der Waals surface area contributed by atoms with Gasteiger partial charge in [-0.25, -0.2) is 4.79 Å². The summed E-state index contributed by atoms with van der Waals surface area (Å²) in [6.07, 6.45) is 1.17. The molecule has 0 radical (unpaired) electrons. The molecule has 1 saturated heterocycles. The lowest BCUT2D eigenvalue weighted by Gasteiger charge is -2.39. The molecule has 5 nitrogen and oxygen atoms in total. The number of fused-ring (bicyclic) bond motifs is 3. The van der Waals surface area contributed by atoms with Gasteiger partial charge in [-0.3, -0.25) is 4.79 Å². The first-order valence-corrected chi connectivity index (χ1v) is 9.15. The Morgan fingerprint density at radius 2 is 1.96 bits per heavy atom. The maximum Gasteiger partial charge on any atom is 0.410 e. The predicted molar refractivity (Wildman–Crippen MR) is 98.0 cm³/mol. The number of carbonyl (C=O) groups is 2. The minimum Gasteiger partial charge on any atom is -0.444 e. The van der Waals surface area contributed by atoms with Crippen LogP contribution in [-0.2, 0) is 9.53 Å². The third-order valence-electron chi connectivity index (χ3n) is 5.02. The summed E-state index contributed by atoms with van der Waals surface area (Å²) in [5.41, 5.74) is 1.95. The Kier molecular flexibility index (Phi) is 4.76. The molecule has 2 atom stereocenters. The molecule has 2 unspecified atom stereocenters. The van der Waals surface area contributed by atoms with E-state index in [0.29, 0.717) is 32.0 Å². The molecule has 136 valence electrons. The van der Waals surface area contributed by atoms with Crippen molar-refractivity contribution in [1.29, 1.82) is 0 Å². The number of hydrogen-bond acceptors (Lipinski definition) is 4. The van der Waals surface area contributed by atoms with Crippen molar-refractivity contribution in [2.75, 3.05) is 24.5 Å². The number of amides is 1. The summed E-state index contributed by atoms with van der Waals surface area (Å²) in [6.45, 7) is 9.26. The molecule has 2 aliphatic heterocycles. The molecular formula is C20H28N2O3. The summed E-state index contributed by atoms with van der Waals surface area (Å²) in [4.78, 5) is 28.6. The molecule has 0 saturated carbocycles. The van der Waals surface area contributed by atoms with Crippen molar-refractivity contribution >= 4 is 17.6 Å². The fraction of sp³-hybridized carbons (Fsp3) is 0.600. The number of likely N-dealkylation sites (tertiary alicyclic amines) is 1. The number of nitrogens with zero attached hydrogens (tertiary/aromatic N) is 2. The van der Waals surface area contributed by atoms with E-state index >= 15 is 0 Å². The molecule has 0 aromatic heterocycles. The van der Waals surface area contributed by atoms with Gasteiger partial charge in [0.1, 0.15) is 5.60 Å². The minimum atomic E-state index is -0.496. The number of ether oxygens (including phenoxy) is 1. The van der Waals surface area contributed by atoms with Gasteiger partial charge in [-0.2, -0.15) is 0 Å². The van der Waals surface area contributed by atoms with Crippen LogP contribution in [0.3, 0.4) is 0 Å². The van der Waals surface area contributed by atoms with E-state index in [2.05, 4.69) is 23.1 Å². The van der Waals surface area contributed by atoms with E-state index in [-0.39, 0.29) is 17.9 Å². The Bertz CT molecular complexity index is 665. The molecule has 0 N–H and O–H groups in total. The van der Waals surface area contributed by atoms with Gasteiger partial charge in [0.25, 0.3) is 0 Å². The number of para-hydroxylation sites is 1. The largest absolute Gasteiger partial charge is 0.444 e. The molecule has 5 heteroatoms. The van der Waals surface area contributed by atoms with Crippen LogP contribution in [0.1, 0.15) is 52.0 Å². The lowest BCUT2D eigenvalue weighted by Crippen LogP contribution is -2.52. The van der Waals surface area contributed by atoms with Crippen molar-refractivity contribution in [3.63, 3.8) is 0 Å². The summed E-state index contributed by atoms with van der Waals surface area (Å²) < 4.78 is 5.54. The third-order valence-corrected chi connectivity index (χ3v) is 5.02. The standard InChI is InChI=1S/C20H28N2O3/c1-5-14(23)12-22-17-9-7-6-8-15(17)16-10-11-21(13-18(16)22)19(24)25-20(2,3)4/h6-9,16,18H,5,10-13H2,1-4H3. The number of rotatable bonds is 3. The molecule has 1 fully saturated rings. The van der Waals surface area contributed by atoms with Gasteiger partial charge in [0, 0.05) is 31.1 Å². The predicted octanol–water partition coefficient (Wildman–Crippen LogP) is 3.58. The summed E-state index contributed by atoms with van der Waals surface area (Å²) in [6, 6.07) is 8.47. The average molecular weight is 344 g/mol. The molecule has 2 aliphatic rings. The lowest BCUT2D eigenvalue weighted by molar-refractivity contribution is -0.117. The van der Waals surface area contributed by atoms with Crippen LogP contribution in [0, 0.1) is 0 Å². The minimum absolute atomic E-state index is 0.147. The maximum atomic E-state index is 12.5. The van der Waals surface area contributed by atoms with Crippen molar-refractivity contribution in [3.8, 4) is 0 Å². The molecular weight excluding hydrogens is 316 g/mol. The van der Waals surface area contributed by atoms with Crippen LogP contribution >= 0.6 is 0 Å². The van der Waals surface area contributed by atoms with E-state index in [9.17, 15) is 9.59 Å². The normalized spacial score (nSPS) is 22.4. The lowest BCUT2D eigenvalue weighted by atomic mass is 9.88. The number of hydrogen-bond donors (Lipinski definition) is 0.